The van der Waals surface area contributed by atoms with Gasteiger partial charge in [-0.05, 0) is 46.6 Å². The zero-order valence-electron chi connectivity index (χ0n) is 16.2. The summed E-state index contributed by atoms with van der Waals surface area (Å²) in [5.74, 6) is 0. The summed E-state index contributed by atoms with van der Waals surface area (Å²) in [6.45, 7) is 11.3. The van der Waals surface area contributed by atoms with Crippen LogP contribution < -0.4 is 0 Å². The predicted molar refractivity (Wildman–Crippen MR) is 108 cm³/mol. The van der Waals surface area contributed by atoms with E-state index in [1.165, 1.54) is 22.1 Å². The van der Waals surface area contributed by atoms with Crippen LogP contribution in [-0.2, 0) is 17.3 Å². The molecule has 2 aromatic carbocycles. The van der Waals surface area contributed by atoms with Gasteiger partial charge in [-0.3, -0.25) is 0 Å². The zero-order chi connectivity index (χ0) is 18.5. The first kappa shape index (κ1) is 17.0. The van der Waals surface area contributed by atoms with Crippen LogP contribution in [-0.4, -0.2) is 0 Å². The van der Waals surface area contributed by atoms with Crippen molar-refractivity contribution < 1.29 is 8.83 Å². The lowest BCUT2D eigenvalue weighted by Crippen LogP contribution is -2.20. The van der Waals surface area contributed by atoms with E-state index in [2.05, 4.69) is 71.0 Å². The van der Waals surface area contributed by atoms with Crippen LogP contribution in [0.15, 0.2) is 63.8 Å². The average molecular weight is 346 g/mol. The number of furan rings is 2. The Kier molecular flexibility index (Phi) is 3.76. The molecule has 0 saturated heterocycles. The second kappa shape index (κ2) is 5.77. The van der Waals surface area contributed by atoms with Crippen LogP contribution in [0.1, 0.15) is 51.3 Å². The standard InChI is InChI=1S/C24H26O2/c1-23(2,3)20-15-26-22-17(7-6-8-19(20)22)14-24(4,5)18-9-10-21-16(13-18)11-12-25-21/h6-13,15H,14H2,1-5H3. The highest BCUT2D eigenvalue weighted by molar-refractivity contribution is 5.85. The number of hydrogen-bond donors (Lipinski definition) is 0. The van der Waals surface area contributed by atoms with Gasteiger partial charge in [0.1, 0.15) is 11.2 Å². The number of hydrogen-bond acceptors (Lipinski definition) is 2. The molecule has 0 unspecified atom stereocenters. The molecular formula is C24H26O2. The first-order chi connectivity index (χ1) is 12.3. The molecule has 0 spiro atoms. The molecular weight excluding hydrogens is 320 g/mol. The molecule has 4 rings (SSSR count). The number of fused-ring (bicyclic) bond motifs is 2. The fourth-order valence-corrected chi connectivity index (χ4v) is 3.80. The molecule has 0 saturated carbocycles. The summed E-state index contributed by atoms with van der Waals surface area (Å²) in [5, 5.41) is 2.39. The van der Waals surface area contributed by atoms with E-state index in [1.54, 1.807) is 6.26 Å². The number of para-hydroxylation sites is 1. The normalized spacial score (nSPS) is 13.0. The van der Waals surface area contributed by atoms with Gasteiger partial charge in [0.25, 0.3) is 0 Å². The van der Waals surface area contributed by atoms with Crippen LogP contribution in [0, 0.1) is 0 Å². The first-order valence-electron chi connectivity index (χ1n) is 9.23. The van der Waals surface area contributed by atoms with Gasteiger partial charge in [-0.15, -0.1) is 0 Å². The summed E-state index contributed by atoms with van der Waals surface area (Å²) in [6.07, 6.45) is 4.60. The molecule has 0 aliphatic carbocycles. The zero-order valence-corrected chi connectivity index (χ0v) is 16.2. The van der Waals surface area contributed by atoms with E-state index in [-0.39, 0.29) is 10.8 Å². The maximum absolute atomic E-state index is 6.03. The molecule has 134 valence electrons. The highest BCUT2D eigenvalue weighted by atomic mass is 16.3. The highest BCUT2D eigenvalue weighted by Gasteiger charge is 2.25. The minimum Gasteiger partial charge on any atom is -0.464 e. The second-order valence-electron chi connectivity index (χ2n) is 8.93. The van der Waals surface area contributed by atoms with Crippen molar-refractivity contribution in [2.24, 2.45) is 0 Å². The van der Waals surface area contributed by atoms with Gasteiger partial charge in [0.05, 0.1) is 12.5 Å². The molecule has 0 atom stereocenters. The summed E-state index contributed by atoms with van der Waals surface area (Å²) < 4.78 is 11.5. The summed E-state index contributed by atoms with van der Waals surface area (Å²) in [5.41, 5.74) is 5.87. The van der Waals surface area contributed by atoms with E-state index in [1.807, 2.05) is 12.3 Å². The van der Waals surface area contributed by atoms with Crippen molar-refractivity contribution in [3.05, 3.63) is 71.7 Å². The minimum atomic E-state index is -0.00553. The Morgan fingerprint density at radius 2 is 1.69 bits per heavy atom. The van der Waals surface area contributed by atoms with Gasteiger partial charge in [0.15, 0.2) is 0 Å². The van der Waals surface area contributed by atoms with Crippen molar-refractivity contribution in [3.8, 4) is 0 Å². The van der Waals surface area contributed by atoms with E-state index >= 15 is 0 Å². The van der Waals surface area contributed by atoms with Crippen molar-refractivity contribution in [2.45, 2.75) is 51.9 Å². The van der Waals surface area contributed by atoms with Gasteiger partial charge < -0.3 is 8.83 Å². The molecule has 0 amide bonds. The smallest absolute Gasteiger partial charge is 0.137 e. The lowest BCUT2D eigenvalue weighted by atomic mass is 9.78. The topological polar surface area (TPSA) is 26.3 Å². The van der Waals surface area contributed by atoms with Gasteiger partial charge in [-0.25, -0.2) is 0 Å². The Morgan fingerprint density at radius 1 is 0.885 bits per heavy atom. The van der Waals surface area contributed by atoms with Gasteiger partial charge >= 0.3 is 0 Å². The Hall–Kier alpha value is -2.48. The monoisotopic (exact) mass is 346 g/mol. The molecule has 0 aliphatic heterocycles. The van der Waals surface area contributed by atoms with E-state index in [0.29, 0.717) is 0 Å². The third kappa shape index (κ3) is 2.84. The molecule has 26 heavy (non-hydrogen) atoms. The van der Waals surface area contributed by atoms with Gasteiger partial charge in [-0.2, -0.15) is 0 Å². The van der Waals surface area contributed by atoms with Crippen LogP contribution in [0.2, 0.25) is 0 Å². The first-order valence-corrected chi connectivity index (χ1v) is 9.23. The van der Waals surface area contributed by atoms with Crippen molar-refractivity contribution in [2.75, 3.05) is 0 Å². The van der Waals surface area contributed by atoms with Gasteiger partial charge in [0.2, 0.25) is 0 Å². The third-order valence-corrected chi connectivity index (χ3v) is 5.36. The molecule has 0 fully saturated rings. The Balaban J connectivity index is 1.75. The summed E-state index contributed by atoms with van der Waals surface area (Å²) in [6, 6.07) is 15.0. The Morgan fingerprint density at radius 3 is 2.46 bits per heavy atom. The number of benzene rings is 2. The molecule has 0 aliphatic rings. The molecule has 0 bridgehead atoms. The van der Waals surface area contributed by atoms with E-state index < -0.39 is 0 Å². The average Bonchev–Trinajstić information content (AvgIpc) is 3.20. The van der Waals surface area contributed by atoms with Crippen LogP contribution in [0.5, 0.6) is 0 Å². The minimum absolute atomic E-state index is 0.00553. The van der Waals surface area contributed by atoms with Crippen LogP contribution in [0.4, 0.5) is 0 Å². The fraction of sp³-hybridized carbons (Fsp3) is 0.333. The molecule has 0 radical (unpaired) electrons. The molecule has 4 aromatic rings. The van der Waals surface area contributed by atoms with Crippen molar-refractivity contribution >= 4 is 21.9 Å². The number of rotatable bonds is 3. The molecule has 2 nitrogen and oxygen atoms in total. The van der Waals surface area contributed by atoms with E-state index in [4.69, 9.17) is 8.83 Å². The fourth-order valence-electron chi connectivity index (χ4n) is 3.80. The SMILES string of the molecule is CC(C)(C)c1coc2c(CC(C)(C)c3ccc4occc4c3)cccc12. The van der Waals surface area contributed by atoms with Crippen LogP contribution in [0.3, 0.4) is 0 Å². The van der Waals surface area contributed by atoms with Gasteiger partial charge in [0, 0.05) is 16.3 Å². The quantitative estimate of drug-likeness (QED) is 0.399. The van der Waals surface area contributed by atoms with E-state index in [0.717, 1.165) is 23.0 Å². The lowest BCUT2D eigenvalue weighted by Gasteiger charge is -2.26. The molecule has 2 heterocycles. The molecule has 2 aromatic heterocycles. The lowest BCUT2D eigenvalue weighted by molar-refractivity contribution is 0.515. The van der Waals surface area contributed by atoms with Crippen LogP contribution >= 0.6 is 0 Å². The van der Waals surface area contributed by atoms with Crippen molar-refractivity contribution in [1.29, 1.82) is 0 Å². The summed E-state index contributed by atoms with van der Waals surface area (Å²) in [4.78, 5) is 0. The van der Waals surface area contributed by atoms with E-state index in [9.17, 15) is 0 Å². The van der Waals surface area contributed by atoms with Crippen LogP contribution in [0.25, 0.3) is 21.9 Å². The van der Waals surface area contributed by atoms with Crippen molar-refractivity contribution in [1.82, 2.24) is 0 Å². The molecule has 2 heteroatoms. The van der Waals surface area contributed by atoms with Crippen molar-refractivity contribution in [3.63, 3.8) is 0 Å². The maximum atomic E-state index is 6.03. The second-order valence-corrected chi connectivity index (χ2v) is 8.93. The third-order valence-electron chi connectivity index (χ3n) is 5.36. The highest BCUT2D eigenvalue weighted by Crippen LogP contribution is 2.36. The van der Waals surface area contributed by atoms with Gasteiger partial charge in [-0.1, -0.05) is 58.9 Å². The largest absolute Gasteiger partial charge is 0.464 e. The maximum Gasteiger partial charge on any atom is 0.137 e. The predicted octanol–water partition coefficient (Wildman–Crippen LogP) is 7.00. The Labute approximate surface area is 154 Å². The Bertz CT molecular complexity index is 1070. The summed E-state index contributed by atoms with van der Waals surface area (Å²) >= 11 is 0. The molecule has 0 N–H and O–H groups in total. The summed E-state index contributed by atoms with van der Waals surface area (Å²) in [7, 11) is 0.